The molecule has 4 nitrogen and oxygen atoms in total. The first-order valence-corrected chi connectivity index (χ1v) is 11.7. The Labute approximate surface area is 199 Å². The van der Waals surface area contributed by atoms with Gasteiger partial charge in [-0.05, 0) is 35.8 Å². The highest BCUT2D eigenvalue weighted by atomic mass is 35.5. The molecule has 3 aliphatic rings. The smallest absolute Gasteiger partial charge is 0.162 e. The van der Waals surface area contributed by atoms with Crippen molar-refractivity contribution in [3.63, 3.8) is 0 Å². The van der Waals surface area contributed by atoms with Crippen molar-refractivity contribution in [3.8, 4) is 5.75 Å². The molecule has 0 amide bonds. The highest BCUT2D eigenvalue weighted by Crippen LogP contribution is 2.53. The van der Waals surface area contributed by atoms with E-state index in [4.69, 9.17) is 27.9 Å². The molecule has 170 valence electrons. The Morgan fingerprint density at radius 1 is 1.00 bits per heavy atom. The maximum atomic E-state index is 13.5. The monoisotopic (exact) mass is 473 g/mol. The molecule has 0 fully saturated rings. The van der Waals surface area contributed by atoms with Gasteiger partial charge in [0.05, 0.1) is 5.02 Å². The van der Waals surface area contributed by atoms with Crippen LogP contribution in [0, 0.1) is 10.8 Å². The molecule has 32 heavy (non-hydrogen) atoms. The van der Waals surface area contributed by atoms with Gasteiger partial charge in [0.2, 0.25) is 0 Å². The Hall–Kier alpha value is -2.04. The van der Waals surface area contributed by atoms with Crippen LogP contribution in [-0.4, -0.2) is 18.2 Å². The Kier molecular flexibility index (Phi) is 5.83. The number of carbonyl (C=O) groups is 2. The number of rotatable bonds is 4. The van der Waals surface area contributed by atoms with Gasteiger partial charge in [-0.1, -0.05) is 63.6 Å². The van der Waals surface area contributed by atoms with E-state index in [1.54, 1.807) is 18.2 Å². The van der Waals surface area contributed by atoms with E-state index in [0.717, 1.165) is 24.2 Å². The predicted octanol–water partition coefficient (Wildman–Crippen LogP) is 6.53. The zero-order chi connectivity index (χ0) is 23.4. The van der Waals surface area contributed by atoms with Crippen molar-refractivity contribution < 1.29 is 14.3 Å². The molecule has 0 spiro atoms. The Morgan fingerprint density at radius 2 is 1.53 bits per heavy atom. The van der Waals surface area contributed by atoms with E-state index in [0.29, 0.717) is 45.3 Å². The summed E-state index contributed by atoms with van der Waals surface area (Å²) in [6.45, 7) is 12.4. The molecule has 0 atom stereocenters. The summed E-state index contributed by atoms with van der Waals surface area (Å²) >= 11 is 13.0. The minimum absolute atomic E-state index is 0.0451. The second-order valence-electron chi connectivity index (χ2n) is 10.6. The number of nitrogens with one attached hydrogen (secondary N) is 1. The normalized spacial score (nSPS) is 22.3. The lowest BCUT2D eigenvalue weighted by Crippen LogP contribution is -2.42. The molecule has 0 radical (unpaired) electrons. The summed E-state index contributed by atoms with van der Waals surface area (Å²) in [6, 6.07) is 3.39. The maximum Gasteiger partial charge on any atom is 0.162 e. The van der Waals surface area contributed by atoms with Gasteiger partial charge < -0.3 is 10.1 Å². The van der Waals surface area contributed by atoms with Gasteiger partial charge in [-0.3, -0.25) is 9.59 Å². The first-order valence-electron chi connectivity index (χ1n) is 10.9. The molecule has 2 aliphatic carbocycles. The zero-order valence-electron chi connectivity index (χ0n) is 19.0. The highest BCUT2D eigenvalue weighted by Gasteiger charge is 2.47. The fourth-order valence-electron chi connectivity index (χ4n) is 5.29. The molecular formula is C26H29Cl2NO3. The fraction of sp³-hybridized carbons (Fsp3) is 0.462. The molecule has 0 bridgehead atoms. The molecule has 0 saturated carbocycles. The zero-order valence-corrected chi connectivity index (χ0v) is 20.5. The first-order chi connectivity index (χ1) is 14.9. The standard InChI is InChI=1S/C26H29Cl2NO3/c1-6-7-32-24-15(8-14(27)9-16(24)28)21-22-17(10-25(2,3)12-19(22)30)29-18-11-26(4,5)13-20(31)23(18)21/h6,8-9,21,29H,1,7,10-13H2,2-5H3. The van der Waals surface area contributed by atoms with E-state index < -0.39 is 5.92 Å². The van der Waals surface area contributed by atoms with Crippen molar-refractivity contribution in [3.05, 3.63) is 62.9 Å². The van der Waals surface area contributed by atoms with Gasteiger partial charge in [-0.25, -0.2) is 0 Å². The lowest BCUT2D eigenvalue weighted by Gasteiger charge is -2.44. The number of carbonyl (C=O) groups excluding carboxylic acids is 2. The molecule has 0 unspecified atom stereocenters. The summed E-state index contributed by atoms with van der Waals surface area (Å²) in [5.41, 5.74) is 3.40. The SMILES string of the molecule is C=CCOc1c(Cl)cc(Cl)cc1C1C2=C(CC(C)(C)CC2=O)NC2=C1C(=O)CC(C)(C)C2. The first kappa shape index (κ1) is 23.1. The van der Waals surface area contributed by atoms with Crippen molar-refractivity contribution in [1.82, 2.24) is 5.32 Å². The van der Waals surface area contributed by atoms with Crippen molar-refractivity contribution >= 4 is 34.8 Å². The molecule has 0 saturated heterocycles. The minimum Gasteiger partial charge on any atom is -0.488 e. The lowest BCUT2D eigenvalue weighted by molar-refractivity contribution is -0.119. The molecule has 1 N–H and O–H groups in total. The largest absolute Gasteiger partial charge is 0.488 e. The fourth-order valence-corrected chi connectivity index (χ4v) is 5.85. The number of ether oxygens (including phenoxy) is 1. The number of Topliss-reactive ketones (excluding diaryl/α,β-unsaturated/α-hetero) is 2. The van der Waals surface area contributed by atoms with E-state index in [1.165, 1.54) is 0 Å². The molecule has 1 aromatic carbocycles. The molecule has 6 heteroatoms. The third-order valence-electron chi connectivity index (χ3n) is 6.41. The molecule has 1 aliphatic heterocycles. The van der Waals surface area contributed by atoms with Gasteiger partial charge in [0.1, 0.15) is 12.4 Å². The van der Waals surface area contributed by atoms with Crippen LogP contribution >= 0.6 is 23.2 Å². The van der Waals surface area contributed by atoms with Crippen molar-refractivity contribution in [2.45, 2.75) is 59.3 Å². The Bertz CT molecular complexity index is 1040. The summed E-state index contributed by atoms with van der Waals surface area (Å²) in [5, 5.41) is 4.30. The van der Waals surface area contributed by atoms with E-state index in [2.05, 4.69) is 39.6 Å². The Morgan fingerprint density at radius 3 is 2.03 bits per heavy atom. The number of dihydropyridines is 1. The van der Waals surface area contributed by atoms with Crippen LogP contribution in [0.2, 0.25) is 10.0 Å². The van der Waals surface area contributed by atoms with Crippen molar-refractivity contribution in [2.75, 3.05) is 6.61 Å². The molecular weight excluding hydrogens is 445 g/mol. The topological polar surface area (TPSA) is 55.4 Å². The van der Waals surface area contributed by atoms with Crippen LogP contribution in [0.25, 0.3) is 0 Å². The number of ketones is 2. The van der Waals surface area contributed by atoms with Crippen LogP contribution in [0.15, 0.2) is 47.3 Å². The van der Waals surface area contributed by atoms with E-state index in [9.17, 15) is 9.59 Å². The van der Waals surface area contributed by atoms with Crippen LogP contribution in [0.1, 0.15) is 64.9 Å². The van der Waals surface area contributed by atoms with Gasteiger partial charge in [0.15, 0.2) is 11.6 Å². The number of benzene rings is 1. The van der Waals surface area contributed by atoms with Crippen LogP contribution < -0.4 is 10.1 Å². The number of halogens is 2. The maximum absolute atomic E-state index is 13.5. The average molecular weight is 474 g/mol. The minimum atomic E-state index is -0.551. The van der Waals surface area contributed by atoms with Crippen LogP contribution in [0.5, 0.6) is 5.75 Å². The summed E-state index contributed by atoms with van der Waals surface area (Å²) < 4.78 is 5.94. The second kappa shape index (κ2) is 8.07. The highest BCUT2D eigenvalue weighted by molar-refractivity contribution is 6.35. The van der Waals surface area contributed by atoms with Crippen LogP contribution in [0.4, 0.5) is 0 Å². The molecule has 4 rings (SSSR count). The third-order valence-corrected chi connectivity index (χ3v) is 6.91. The molecule has 1 heterocycles. The molecule has 1 aromatic rings. The van der Waals surface area contributed by atoms with Gasteiger partial charge in [0.25, 0.3) is 0 Å². The summed E-state index contributed by atoms with van der Waals surface area (Å²) in [4.78, 5) is 27.0. The number of hydrogen-bond donors (Lipinski definition) is 1. The Balaban J connectivity index is 1.98. The van der Waals surface area contributed by atoms with Crippen molar-refractivity contribution in [1.29, 1.82) is 0 Å². The lowest BCUT2D eigenvalue weighted by atomic mass is 9.64. The number of hydrogen-bond acceptors (Lipinski definition) is 4. The third kappa shape index (κ3) is 4.15. The van der Waals surface area contributed by atoms with E-state index >= 15 is 0 Å². The van der Waals surface area contributed by atoms with Gasteiger partial charge in [-0.15, -0.1) is 0 Å². The van der Waals surface area contributed by atoms with Gasteiger partial charge in [0, 0.05) is 51.9 Å². The predicted molar refractivity (Wildman–Crippen MR) is 128 cm³/mol. The van der Waals surface area contributed by atoms with Gasteiger partial charge >= 0.3 is 0 Å². The van der Waals surface area contributed by atoms with E-state index in [-0.39, 0.29) is 29.0 Å². The average Bonchev–Trinajstić information content (AvgIpc) is 2.63. The van der Waals surface area contributed by atoms with Gasteiger partial charge in [-0.2, -0.15) is 0 Å². The summed E-state index contributed by atoms with van der Waals surface area (Å²) in [7, 11) is 0. The second-order valence-corrected chi connectivity index (χ2v) is 11.5. The van der Waals surface area contributed by atoms with Crippen LogP contribution in [-0.2, 0) is 9.59 Å². The summed E-state index contributed by atoms with van der Waals surface area (Å²) in [5.74, 6) is -0.0197. The van der Waals surface area contributed by atoms with E-state index in [1.807, 2.05) is 0 Å². The molecule has 0 aromatic heterocycles. The summed E-state index contributed by atoms with van der Waals surface area (Å²) in [6.07, 6.45) is 3.93. The quantitative estimate of drug-likeness (QED) is 0.504. The number of allylic oxidation sites excluding steroid dienone is 4. The van der Waals surface area contributed by atoms with Crippen molar-refractivity contribution in [2.24, 2.45) is 10.8 Å². The van der Waals surface area contributed by atoms with Crippen LogP contribution in [0.3, 0.4) is 0 Å².